The van der Waals surface area contributed by atoms with Crippen molar-refractivity contribution in [2.75, 3.05) is 38.6 Å². The Hall–Kier alpha value is -3.55. The van der Waals surface area contributed by atoms with Crippen molar-refractivity contribution in [2.45, 2.75) is 0 Å². The zero-order valence-corrected chi connectivity index (χ0v) is 15.6. The molecule has 0 saturated heterocycles. The summed E-state index contributed by atoms with van der Waals surface area (Å²) in [5.74, 6) is 3.00. The van der Waals surface area contributed by atoms with Crippen LogP contribution in [0.15, 0.2) is 48.8 Å². The average Bonchev–Trinajstić information content (AvgIpc) is 2.73. The lowest BCUT2D eigenvalue weighted by Crippen LogP contribution is -2.14. The van der Waals surface area contributed by atoms with Gasteiger partial charge < -0.3 is 24.4 Å². The minimum Gasteiger partial charge on any atom is -0.497 e. The molecular weight excluding hydrogens is 346 g/mol. The van der Waals surface area contributed by atoms with E-state index in [1.807, 2.05) is 54.4 Å². The van der Waals surface area contributed by atoms with Gasteiger partial charge in [-0.2, -0.15) is 4.98 Å². The summed E-state index contributed by atoms with van der Waals surface area (Å²) in [7, 11) is 6.71. The second kappa shape index (κ2) is 8.22. The minimum absolute atomic E-state index is 0.424. The van der Waals surface area contributed by atoms with E-state index in [0.29, 0.717) is 23.4 Å². The van der Waals surface area contributed by atoms with Gasteiger partial charge >= 0.3 is 0 Å². The fourth-order valence-electron chi connectivity index (χ4n) is 2.47. The first-order valence-corrected chi connectivity index (χ1v) is 8.20. The van der Waals surface area contributed by atoms with Crippen LogP contribution in [0.4, 0.5) is 23.3 Å². The maximum Gasteiger partial charge on any atom is 0.234 e. The van der Waals surface area contributed by atoms with Crippen molar-refractivity contribution in [2.24, 2.45) is 0 Å². The molecule has 0 fully saturated rings. The van der Waals surface area contributed by atoms with Crippen LogP contribution in [0.2, 0.25) is 0 Å². The van der Waals surface area contributed by atoms with Crippen molar-refractivity contribution in [1.29, 1.82) is 0 Å². The summed E-state index contributed by atoms with van der Waals surface area (Å²) >= 11 is 0. The first-order chi connectivity index (χ1) is 13.1. The van der Waals surface area contributed by atoms with Gasteiger partial charge in [0.1, 0.15) is 12.1 Å². The Bertz CT molecular complexity index is 902. The van der Waals surface area contributed by atoms with E-state index < -0.39 is 0 Å². The predicted octanol–water partition coefficient (Wildman–Crippen LogP) is 3.41. The molecule has 0 unspecified atom stereocenters. The molecule has 140 valence electrons. The van der Waals surface area contributed by atoms with E-state index >= 15 is 0 Å². The highest BCUT2D eigenvalue weighted by molar-refractivity contribution is 5.62. The fourth-order valence-corrected chi connectivity index (χ4v) is 2.47. The van der Waals surface area contributed by atoms with Gasteiger partial charge in [-0.05, 0) is 36.4 Å². The summed E-state index contributed by atoms with van der Waals surface area (Å²) in [6, 6.07) is 13.1. The molecule has 27 heavy (non-hydrogen) atoms. The first-order valence-electron chi connectivity index (χ1n) is 8.20. The summed E-state index contributed by atoms with van der Waals surface area (Å²) in [4.78, 5) is 14.8. The Labute approximate surface area is 157 Å². The number of hydrogen-bond donors (Lipinski definition) is 1. The Morgan fingerprint density at radius 1 is 0.852 bits per heavy atom. The SMILES string of the molecule is COc1ccc(N(C)c2ncnc(Nc3ccc(OC)c(OC)c3)n2)cc1. The molecule has 0 amide bonds. The molecule has 0 radical (unpaired) electrons. The lowest BCUT2D eigenvalue weighted by Gasteiger charge is -2.18. The molecule has 8 heteroatoms. The van der Waals surface area contributed by atoms with Crippen LogP contribution in [0, 0.1) is 0 Å². The molecule has 0 aliphatic heterocycles. The Morgan fingerprint density at radius 3 is 2.26 bits per heavy atom. The molecule has 0 aliphatic carbocycles. The van der Waals surface area contributed by atoms with Gasteiger partial charge in [-0.3, -0.25) is 0 Å². The molecule has 0 saturated carbocycles. The van der Waals surface area contributed by atoms with Crippen LogP contribution >= 0.6 is 0 Å². The van der Waals surface area contributed by atoms with Gasteiger partial charge in [0.25, 0.3) is 0 Å². The van der Waals surface area contributed by atoms with E-state index in [0.717, 1.165) is 17.1 Å². The molecule has 0 bridgehead atoms. The number of rotatable bonds is 7. The van der Waals surface area contributed by atoms with E-state index in [1.165, 1.54) is 6.33 Å². The number of benzene rings is 2. The van der Waals surface area contributed by atoms with Gasteiger partial charge in [0.15, 0.2) is 11.5 Å². The summed E-state index contributed by atoms with van der Waals surface area (Å²) in [5, 5.41) is 3.15. The molecule has 3 aromatic rings. The third kappa shape index (κ3) is 4.17. The van der Waals surface area contributed by atoms with E-state index in [2.05, 4.69) is 20.3 Å². The normalized spacial score (nSPS) is 10.2. The molecule has 8 nitrogen and oxygen atoms in total. The predicted molar refractivity (Wildman–Crippen MR) is 104 cm³/mol. The topological polar surface area (TPSA) is 81.6 Å². The van der Waals surface area contributed by atoms with Crippen LogP contribution in [0.1, 0.15) is 0 Å². The number of anilines is 4. The molecule has 1 N–H and O–H groups in total. The molecule has 2 aromatic carbocycles. The minimum atomic E-state index is 0.424. The van der Waals surface area contributed by atoms with Crippen LogP contribution in [-0.4, -0.2) is 43.3 Å². The summed E-state index contributed by atoms with van der Waals surface area (Å²) in [5.41, 5.74) is 1.70. The van der Waals surface area contributed by atoms with E-state index in [-0.39, 0.29) is 0 Å². The smallest absolute Gasteiger partial charge is 0.234 e. The number of methoxy groups -OCH3 is 3. The number of aromatic nitrogens is 3. The number of hydrogen-bond acceptors (Lipinski definition) is 8. The molecule has 1 heterocycles. The number of nitrogens with zero attached hydrogens (tertiary/aromatic N) is 4. The number of ether oxygens (including phenoxy) is 3. The van der Waals surface area contributed by atoms with Gasteiger partial charge in [-0.1, -0.05) is 0 Å². The Morgan fingerprint density at radius 2 is 1.59 bits per heavy atom. The maximum absolute atomic E-state index is 5.32. The van der Waals surface area contributed by atoms with Gasteiger partial charge in [-0.25, -0.2) is 9.97 Å². The van der Waals surface area contributed by atoms with Crippen molar-refractivity contribution >= 4 is 23.3 Å². The van der Waals surface area contributed by atoms with Gasteiger partial charge in [0.05, 0.1) is 21.3 Å². The lowest BCUT2D eigenvalue weighted by molar-refractivity contribution is 0.355. The third-order valence-corrected chi connectivity index (χ3v) is 3.96. The molecule has 3 rings (SSSR count). The monoisotopic (exact) mass is 367 g/mol. The number of nitrogens with one attached hydrogen (secondary N) is 1. The first kappa shape index (κ1) is 18.2. The van der Waals surface area contributed by atoms with Crippen molar-refractivity contribution in [3.8, 4) is 17.2 Å². The summed E-state index contributed by atoms with van der Waals surface area (Å²) in [6.07, 6.45) is 1.46. The van der Waals surface area contributed by atoms with E-state index in [1.54, 1.807) is 21.3 Å². The Balaban J connectivity index is 1.80. The van der Waals surface area contributed by atoms with E-state index in [4.69, 9.17) is 14.2 Å². The van der Waals surface area contributed by atoms with Gasteiger partial charge in [-0.15, -0.1) is 0 Å². The third-order valence-electron chi connectivity index (χ3n) is 3.96. The van der Waals surface area contributed by atoms with Gasteiger partial charge in [0.2, 0.25) is 11.9 Å². The molecule has 1 aromatic heterocycles. The van der Waals surface area contributed by atoms with Crippen LogP contribution < -0.4 is 24.4 Å². The van der Waals surface area contributed by atoms with E-state index in [9.17, 15) is 0 Å². The zero-order chi connectivity index (χ0) is 19.2. The van der Waals surface area contributed by atoms with Crippen LogP contribution in [0.3, 0.4) is 0 Å². The largest absolute Gasteiger partial charge is 0.497 e. The van der Waals surface area contributed by atoms with Crippen molar-refractivity contribution in [3.05, 3.63) is 48.8 Å². The van der Waals surface area contributed by atoms with Crippen LogP contribution in [0.25, 0.3) is 0 Å². The molecular formula is C19H21N5O3. The highest BCUT2D eigenvalue weighted by Gasteiger charge is 2.10. The highest BCUT2D eigenvalue weighted by Crippen LogP contribution is 2.31. The van der Waals surface area contributed by atoms with Crippen LogP contribution in [-0.2, 0) is 0 Å². The average molecular weight is 367 g/mol. The quantitative estimate of drug-likeness (QED) is 0.680. The summed E-state index contributed by atoms with van der Waals surface area (Å²) in [6.45, 7) is 0. The molecule has 0 spiro atoms. The fraction of sp³-hybridized carbons (Fsp3) is 0.211. The standard InChI is InChI=1S/C19H21N5O3/c1-24(14-6-8-15(25-2)9-7-14)19-21-12-20-18(23-19)22-13-5-10-16(26-3)17(11-13)27-4/h5-12H,1-4H3,(H,20,21,22,23). The Kier molecular flexibility index (Phi) is 5.55. The van der Waals surface area contributed by atoms with Gasteiger partial charge in [0, 0.05) is 24.5 Å². The molecule has 0 atom stereocenters. The van der Waals surface area contributed by atoms with Crippen molar-refractivity contribution in [1.82, 2.24) is 15.0 Å². The molecule has 0 aliphatic rings. The maximum atomic E-state index is 5.32. The zero-order valence-electron chi connectivity index (χ0n) is 15.6. The second-order valence-corrected chi connectivity index (χ2v) is 5.56. The van der Waals surface area contributed by atoms with Crippen LogP contribution in [0.5, 0.6) is 17.2 Å². The lowest BCUT2D eigenvalue weighted by atomic mass is 10.3. The summed E-state index contributed by atoms with van der Waals surface area (Å²) < 4.78 is 15.8. The van der Waals surface area contributed by atoms with Crippen molar-refractivity contribution < 1.29 is 14.2 Å². The highest BCUT2D eigenvalue weighted by atomic mass is 16.5. The van der Waals surface area contributed by atoms with Crippen molar-refractivity contribution in [3.63, 3.8) is 0 Å². The second-order valence-electron chi connectivity index (χ2n) is 5.56.